The molecule has 0 aliphatic heterocycles. The molecule has 3 aromatic rings. The van der Waals surface area contributed by atoms with Crippen LogP contribution in [-0.4, -0.2) is 50.2 Å². The lowest BCUT2D eigenvalue weighted by Gasteiger charge is -2.11. The van der Waals surface area contributed by atoms with Crippen LogP contribution in [0.5, 0.6) is 0 Å². The van der Waals surface area contributed by atoms with E-state index in [1.165, 1.54) is 6.20 Å². The monoisotopic (exact) mass is 432 g/mol. The molecule has 0 unspecified atom stereocenters. The highest BCUT2D eigenvalue weighted by molar-refractivity contribution is 5.98. The van der Waals surface area contributed by atoms with Crippen LogP contribution in [-0.2, 0) is 0 Å². The van der Waals surface area contributed by atoms with E-state index in [1.54, 1.807) is 43.0 Å². The molecule has 0 spiro atoms. The van der Waals surface area contributed by atoms with Crippen molar-refractivity contribution in [1.82, 2.24) is 24.5 Å². The van der Waals surface area contributed by atoms with E-state index in [-0.39, 0.29) is 23.3 Å². The highest BCUT2D eigenvalue weighted by Crippen LogP contribution is 2.53. The minimum Gasteiger partial charge on any atom is -0.345 e. The summed E-state index contributed by atoms with van der Waals surface area (Å²) in [5.41, 5.74) is 2.22. The molecule has 1 aliphatic carbocycles. The van der Waals surface area contributed by atoms with Crippen LogP contribution in [0.3, 0.4) is 0 Å². The van der Waals surface area contributed by atoms with E-state index < -0.39 is 11.2 Å². The summed E-state index contributed by atoms with van der Waals surface area (Å²) in [5.74, 6) is 1.03. The number of H-pyrrole nitrogens is 2. The first kappa shape index (κ1) is 21.2. The zero-order valence-electron chi connectivity index (χ0n) is 18.1. The van der Waals surface area contributed by atoms with Crippen LogP contribution in [0.2, 0.25) is 0 Å². The minimum atomic E-state index is -0.570. The van der Waals surface area contributed by atoms with Crippen LogP contribution < -0.4 is 11.2 Å². The summed E-state index contributed by atoms with van der Waals surface area (Å²) in [5, 5.41) is 4.48. The highest BCUT2D eigenvalue weighted by Gasteiger charge is 2.42. The van der Waals surface area contributed by atoms with Crippen LogP contribution in [0.25, 0.3) is 5.57 Å². The van der Waals surface area contributed by atoms with Gasteiger partial charge in [-0.1, -0.05) is 18.7 Å². The van der Waals surface area contributed by atoms with Gasteiger partial charge in [-0.05, 0) is 48.4 Å². The number of carbonyl (C=O) groups excluding carboxylic acids is 1. The molecule has 1 aliphatic rings. The summed E-state index contributed by atoms with van der Waals surface area (Å²) in [6.07, 6.45) is 5.57. The predicted molar refractivity (Wildman–Crippen MR) is 122 cm³/mol. The molecule has 32 heavy (non-hydrogen) atoms. The van der Waals surface area contributed by atoms with Gasteiger partial charge in [0.25, 0.3) is 11.5 Å². The Morgan fingerprint density at radius 2 is 2.09 bits per heavy atom. The van der Waals surface area contributed by atoms with E-state index in [1.807, 2.05) is 24.3 Å². The molecule has 1 aromatic carbocycles. The third-order valence-corrected chi connectivity index (χ3v) is 5.58. The van der Waals surface area contributed by atoms with E-state index in [2.05, 4.69) is 26.6 Å². The van der Waals surface area contributed by atoms with Crippen molar-refractivity contribution in [3.05, 3.63) is 92.8 Å². The van der Waals surface area contributed by atoms with Gasteiger partial charge in [-0.3, -0.25) is 14.6 Å². The molecule has 2 heterocycles. The van der Waals surface area contributed by atoms with Crippen molar-refractivity contribution < 1.29 is 4.79 Å². The number of hydrogen-bond donors (Lipinski definition) is 2. The maximum Gasteiger partial charge on any atom is 0.325 e. The Hall–Kier alpha value is -4.01. The standard InChI is InChI=1S/C23H24N6O3/c1-13(17-11-18(17)15-6-5-7-16(10-15)22(31)28(3)4)20-24-8-9-29(20)27-14(2)19-12-25-23(32)26-21(19)30/h5-10,12,17-18H,1,11H2,2-4H3,(H2,25,26,30,32)/b27-14+/t17-,18-/m1/s1. The zero-order valence-corrected chi connectivity index (χ0v) is 18.1. The number of nitrogens with one attached hydrogen (secondary N) is 2. The molecule has 0 radical (unpaired) electrons. The SMILES string of the molecule is C=C(c1nccn1/N=C(\C)c1c[nH]c(=O)[nH]c1=O)[C@H]1C[C@@H]1c1cccc(C(=O)N(C)C)c1. The van der Waals surface area contributed by atoms with Crippen LogP contribution in [0.4, 0.5) is 0 Å². The smallest absolute Gasteiger partial charge is 0.325 e. The average Bonchev–Trinajstić information content (AvgIpc) is 3.44. The largest absolute Gasteiger partial charge is 0.345 e. The molecular weight excluding hydrogens is 408 g/mol. The van der Waals surface area contributed by atoms with Crippen molar-refractivity contribution in [3.8, 4) is 0 Å². The number of aromatic nitrogens is 4. The molecule has 9 nitrogen and oxygen atoms in total. The maximum atomic E-state index is 12.3. The van der Waals surface area contributed by atoms with E-state index in [0.717, 1.165) is 17.6 Å². The van der Waals surface area contributed by atoms with Gasteiger partial charge in [0.1, 0.15) is 0 Å². The van der Waals surface area contributed by atoms with Crippen molar-refractivity contribution >= 4 is 17.2 Å². The van der Waals surface area contributed by atoms with Gasteiger partial charge in [0, 0.05) is 38.2 Å². The zero-order chi connectivity index (χ0) is 23.0. The molecule has 2 aromatic heterocycles. The molecule has 1 amide bonds. The fourth-order valence-corrected chi connectivity index (χ4v) is 3.78. The van der Waals surface area contributed by atoms with Gasteiger partial charge < -0.3 is 9.88 Å². The Kier molecular flexibility index (Phi) is 5.48. The maximum absolute atomic E-state index is 12.3. The van der Waals surface area contributed by atoms with Crippen LogP contribution in [0, 0.1) is 5.92 Å². The van der Waals surface area contributed by atoms with Crippen LogP contribution in [0.1, 0.15) is 46.6 Å². The van der Waals surface area contributed by atoms with Gasteiger partial charge in [0.15, 0.2) is 5.82 Å². The summed E-state index contributed by atoms with van der Waals surface area (Å²) in [7, 11) is 3.47. The number of rotatable bonds is 6. The van der Waals surface area contributed by atoms with Gasteiger partial charge >= 0.3 is 5.69 Å². The molecule has 0 bridgehead atoms. The molecule has 9 heteroatoms. The Balaban J connectivity index is 1.55. The van der Waals surface area contributed by atoms with E-state index >= 15 is 0 Å². The highest BCUT2D eigenvalue weighted by atomic mass is 16.2. The quantitative estimate of drug-likeness (QED) is 0.580. The molecule has 1 fully saturated rings. The number of nitrogens with zero attached hydrogens (tertiary/aromatic N) is 4. The number of allylic oxidation sites excluding steroid dienone is 1. The lowest BCUT2D eigenvalue weighted by molar-refractivity contribution is 0.0827. The topological polar surface area (TPSA) is 116 Å². The predicted octanol–water partition coefficient (Wildman–Crippen LogP) is 2.05. The van der Waals surface area contributed by atoms with E-state index in [0.29, 0.717) is 17.1 Å². The van der Waals surface area contributed by atoms with Gasteiger partial charge in [0.2, 0.25) is 0 Å². The molecule has 164 valence electrons. The van der Waals surface area contributed by atoms with E-state index in [9.17, 15) is 14.4 Å². The Morgan fingerprint density at radius 1 is 1.31 bits per heavy atom. The minimum absolute atomic E-state index is 0.0273. The molecule has 2 N–H and O–H groups in total. The summed E-state index contributed by atoms with van der Waals surface area (Å²) in [4.78, 5) is 46.2. The first-order valence-corrected chi connectivity index (χ1v) is 10.2. The molecular formula is C23H24N6O3. The molecule has 1 saturated carbocycles. The van der Waals surface area contributed by atoms with Crippen LogP contribution in [0.15, 0.2) is 64.1 Å². The summed E-state index contributed by atoms with van der Waals surface area (Å²) in [6, 6.07) is 7.69. The van der Waals surface area contributed by atoms with Gasteiger partial charge in [-0.2, -0.15) is 5.10 Å². The van der Waals surface area contributed by atoms with E-state index in [4.69, 9.17) is 0 Å². The third kappa shape index (κ3) is 4.09. The number of imidazole rings is 1. The third-order valence-electron chi connectivity index (χ3n) is 5.58. The van der Waals surface area contributed by atoms with Crippen molar-refractivity contribution in [2.45, 2.75) is 19.3 Å². The molecule has 4 rings (SSSR count). The van der Waals surface area contributed by atoms with Crippen molar-refractivity contribution in [2.24, 2.45) is 11.0 Å². The number of aromatic amines is 2. The number of benzene rings is 1. The second-order valence-corrected chi connectivity index (χ2v) is 8.07. The first-order valence-electron chi connectivity index (χ1n) is 10.2. The lowest BCUT2D eigenvalue weighted by Crippen LogP contribution is -2.26. The normalized spacial score (nSPS) is 17.8. The lowest BCUT2D eigenvalue weighted by atomic mass is 10.0. The van der Waals surface area contributed by atoms with Crippen molar-refractivity contribution in [1.29, 1.82) is 0 Å². The Labute approximate surface area is 184 Å². The van der Waals surface area contributed by atoms with Gasteiger partial charge in [0.05, 0.1) is 11.3 Å². The Morgan fingerprint density at radius 3 is 2.81 bits per heavy atom. The van der Waals surface area contributed by atoms with Gasteiger partial charge in [-0.15, -0.1) is 0 Å². The fraction of sp³-hybridized carbons (Fsp3) is 0.261. The first-order chi connectivity index (χ1) is 15.3. The average molecular weight is 432 g/mol. The Bertz CT molecular complexity index is 1340. The number of carbonyl (C=O) groups is 1. The summed E-state index contributed by atoms with van der Waals surface area (Å²) < 4.78 is 1.59. The van der Waals surface area contributed by atoms with Crippen molar-refractivity contribution in [2.75, 3.05) is 14.1 Å². The van der Waals surface area contributed by atoms with Crippen LogP contribution >= 0.6 is 0 Å². The summed E-state index contributed by atoms with van der Waals surface area (Å²) in [6.45, 7) is 5.93. The number of amides is 1. The molecule has 2 atom stereocenters. The van der Waals surface area contributed by atoms with Crippen molar-refractivity contribution in [3.63, 3.8) is 0 Å². The summed E-state index contributed by atoms with van der Waals surface area (Å²) >= 11 is 0. The van der Waals surface area contributed by atoms with Gasteiger partial charge in [-0.25, -0.2) is 14.5 Å². The second-order valence-electron chi connectivity index (χ2n) is 8.07. The fourth-order valence-electron chi connectivity index (χ4n) is 3.78. The number of hydrogen-bond acceptors (Lipinski definition) is 5. The second kappa shape index (κ2) is 8.26. The molecule has 0 saturated heterocycles.